The SMILES string of the molecule is CCCC(O)S.[O]=[W](=[O])[OH]. The van der Waals surface area contributed by atoms with Gasteiger partial charge in [0.25, 0.3) is 0 Å². The molecule has 0 amide bonds. The quantitative estimate of drug-likeness (QED) is 0.498. The fourth-order valence-electron chi connectivity index (χ4n) is 0.258. The monoisotopic (exact) mass is 339 g/mol. The molecule has 0 aromatic carbocycles. The van der Waals surface area contributed by atoms with Crippen molar-refractivity contribution in [2.24, 2.45) is 0 Å². The second-order valence-corrected chi connectivity index (χ2v) is 3.64. The molecule has 63 valence electrons. The summed E-state index contributed by atoms with van der Waals surface area (Å²) in [6, 6.07) is 0. The van der Waals surface area contributed by atoms with Gasteiger partial charge in [0.1, 0.15) is 0 Å². The van der Waals surface area contributed by atoms with Gasteiger partial charge in [0.2, 0.25) is 0 Å². The van der Waals surface area contributed by atoms with Gasteiger partial charge in [-0.15, -0.1) is 12.6 Å². The Morgan fingerprint density at radius 3 is 1.90 bits per heavy atom. The summed E-state index contributed by atoms with van der Waals surface area (Å²) in [6.07, 6.45) is 1.80. The Balaban J connectivity index is 0. The average Bonchev–Trinajstić information content (AvgIpc) is 1.62. The number of aliphatic hydroxyl groups is 1. The molecule has 2 N–H and O–H groups in total. The van der Waals surface area contributed by atoms with Crippen LogP contribution in [0.25, 0.3) is 0 Å². The molecule has 0 aliphatic rings. The van der Waals surface area contributed by atoms with Crippen LogP contribution in [0, 0.1) is 0 Å². The van der Waals surface area contributed by atoms with E-state index in [1.807, 2.05) is 6.92 Å². The first-order valence-corrected chi connectivity index (χ1v) is 6.87. The maximum absolute atomic E-state index is 8.72. The zero-order chi connectivity index (χ0) is 8.57. The molecular formula is C4H11O4SW. The van der Waals surface area contributed by atoms with E-state index in [4.69, 9.17) is 15.7 Å². The molecule has 4 nitrogen and oxygen atoms in total. The topological polar surface area (TPSA) is 74.6 Å². The minimum absolute atomic E-state index is 0.407. The van der Waals surface area contributed by atoms with Crippen LogP contribution in [0.3, 0.4) is 0 Å². The standard InChI is InChI=1S/C4H10OS.H2O.2O.W/c1-2-3-4(5)6;;;;/h4-6H,2-3H2,1H3;1H2;;;/q;;;;+1/p-1. The summed E-state index contributed by atoms with van der Waals surface area (Å²) >= 11 is -0.294. The van der Waals surface area contributed by atoms with Gasteiger partial charge in [-0.3, -0.25) is 0 Å². The van der Waals surface area contributed by atoms with Gasteiger partial charge < -0.3 is 5.11 Å². The Kier molecular flexibility index (Phi) is 12.6. The van der Waals surface area contributed by atoms with Crippen LogP contribution in [-0.2, 0) is 24.4 Å². The Morgan fingerprint density at radius 2 is 1.90 bits per heavy atom. The van der Waals surface area contributed by atoms with Gasteiger partial charge in [-0.1, -0.05) is 13.3 Å². The molecule has 1 atom stereocenters. The Morgan fingerprint density at radius 1 is 1.60 bits per heavy atom. The molecule has 0 aliphatic carbocycles. The van der Waals surface area contributed by atoms with Crippen molar-refractivity contribution in [3.63, 3.8) is 0 Å². The normalized spacial score (nSPS) is 11.2. The van der Waals surface area contributed by atoms with E-state index >= 15 is 0 Å². The third-order valence-corrected chi connectivity index (χ3v) is 0.805. The van der Waals surface area contributed by atoms with Crippen LogP contribution < -0.4 is 0 Å². The van der Waals surface area contributed by atoms with E-state index in [0.29, 0.717) is 0 Å². The van der Waals surface area contributed by atoms with Crippen molar-refractivity contribution in [2.45, 2.75) is 25.2 Å². The number of aliphatic hydroxyl groups excluding tert-OH is 1. The molecule has 0 aliphatic heterocycles. The Labute approximate surface area is 71.3 Å². The minimum atomic E-state index is -4.03. The molecule has 0 aromatic heterocycles. The zero-order valence-corrected chi connectivity index (χ0v) is 9.39. The van der Waals surface area contributed by atoms with Gasteiger partial charge in [-0.2, -0.15) is 0 Å². The molecule has 0 radical (unpaired) electrons. The van der Waals surface area contributed by atoms with Crippen molar-refractivity contribution in [1.82, 2.24) is 0 Å². The van der Waals surface area contributed by atoms with Crippen LogP contribution in [0.15, 0.2) is 0 Å². The molecule has 10 heavy (non-hydrogen) atoms. The van der Waals surface area contributed by atoms with Crippen LogP contribution in [0.2, 0.25) is 0 Å². The molecule has 0 fully saturated rings. The molecule has 6 heteroatoms. The molecule has 0 bridgehead atoms. The van der Waals surface area contributed by atoms with E-state index in [9.17, 15) is 0 Å². The predicted molar refractivity (Wildman–Crippen MR) is 33.5 cm³/mol. The van der Waals surface area contributed by atoms with Crippen molar-refractivity contribution < 1.29 is 33.3 Å². The Hall–Kier alpha value is 0.558. The number of rotatable bonds is 2. The van der Waals surface area contributed by atoms with Gasteiger partial charge in [0.15, 0.2) is 0 Å². The predicted octanol–water partition coefficient (Wildman–Crippen LogP) is 0.238. The average molecular weight is 339 g/mol. The van der Waals surface area contributed by atoms with Crippen LogP contribution in [-0.4, -0.2) is 14.3 Å². The van der Waals surface area contributed by atoms with Crippen LogP contribution in [0.1, 0.15) is 19.8 Å². The first-order valence-electron chi connectivity index (χ1n) is 2.65. The summed E-state index contributed by atoms with van der Waals surface area (Å²) in [7, 11) is 0. The summed E-state index contributed by atoms with van der Waals surface area (Å²) in [4.78, 5) is 0. The fraction of sp³-hybridized carbons (Fsp3) is 1.00. The van der Waals surface area contributed by atoms with Crippen molar-refractivity contribution in [1.29, 1.82) is 0 Å². The second-order valence-electron chi connectivity index (χ2n) is 1.49. The zero-order valence-electron chi connectivity index (χ0n) is 5.56. The van der Waals surface area contributed by atoms with Crippen LogP contribution >= 0.6 is 12.6 Å². The molecule has 0 rings (SSSR count). The summed E-state index contributed by atoms with van der Waals surface area (Å²) in [5.41, 5.74) is -0.407. The van der Waals surface area contributed by atoms with Gasteiger partial charge in [-0.25, -0.2) is 0 Å². The third-order valence-electron chi connectivity index (χ3n) is 0.547. The second kappa shape index (κ2) is 9.56. The van der Waals surface area contributed by atoms with E-state index < -0.39 is 23.1 Å². The first kappa shape index (κ1) is 13.2. The molecule has 0 saturated carbocycles. The summed E-state index contributed by atoms with van der Waals surface area (Å²) < 4.78 is 24.6. The fourth-order valence-corrected chi connectivity index (χ4v) is 0.516. The molecule has 0 aromatic rings. The van der Waals surface area contributed by atoms with Crippen molar-refractivity contribution >= 4 is 12.6 Å². The molecule has 0 saturated heterocycles. The van der Waals surface area contributed by atoms with Crippen molar-refractivity contribution in [3.8, 4) is 0 Å². The number of hydrogen-bond donors (Lipinski definition) is 3. The number of thiol groups is 1. The summed E-state index contributed by atoms with van der Waals surface area (Å²) in [5, 5.41) is 8.42. The molecule has 0 heterocycles. The van der Waals surface area contributed by atoms with E-state index in [1.165, 1.54) is 0 Å². The third kappa shape index (κ3) is 38.6. The van der Waals surface area contributed by atoms with Gasteiger partial charge in [0.05, 0.1) is 5.44 Å². The maximum atomic E-state index is 8.72. The van der Waals surface area contributed by atoms with E-state index in [1.54, 1.807) is 0 Å². The Bertz CT molecular complexity index is 114. The summed E-state index contributed by atoms with van der Waals surface area (Å²) in [6.45, 7) is 2.01. The molecule has 0 spiro atoms. The van der Waals surface area contributed by atoms with Gasteiger partial charge in [0, 0.05) is 0 Å². The van der Waals surface area contributed by atoms with Gasteiger partial charge >= 0.3 is 28.2 Å². The summed E-state index contributed by atoms with van der Waals surface area (Å²) in [5.74, 6) is 0. The van der Waals surface area contributed by atoms with E-state index in [-0.39, 0.29) is 0 Å². The van der Waals surface area contributed by atoms with Crippen LogP contribution in [0.4, 0.5) is 0 Å². The van der Waals surface area contributed by atoms with Crippen molar-refractivity contribution in [3.05, 3.63) is 0 Å². The molecular weight excluding hydrogens is 328 g/mol. The number of hydrogen-bond acceptors (Lipinski definition) is 4. The van der Waals surface area contributed by atoms with Gasteiger partial charge in [-0.05, 0) is 6.42 Å². The van der Waals surface area contributed by atoms with Crippen molar-refractivity contribution in [2.75, 3.05) is 0 Å². The van der Waals surface area contributed by atoms with E-state index in [2.05, 4.69) is 12.6 Å². The first-order chi connectivity index (χ1) is 4.50. The van der Waals surface area contributed by atoms with Crippen LogP contribution in [0.5, 0.6) is 0 Å². The molecule has 1 unspecified atom stereocenters. The van der Waals surface area contributed by atoms with E-state index in [0.717, 1.165) is 12.8 Å².